The van der Waals surface area contributed by atoms with Gasteiger partial charge in [-0.2, -0.15) is 0 Å². The molecule has 0 radical (unpaired) electrons. The second-order valence-electron chi connectivity index (χ2n) is 6.55. The number of piperidine rings is 1. The highest BCUT2D eigenvalue weighted by atomic mass is 15.3. The zero-order valence-electron chi connectivity index (χ0n) is 13.4. The molecule has 0 aliphatic carbocycles. The maximum absolute atomic E-state index is 6.15. The highest BCUT2D eigenvalue weighted by Gasteiger charge is 2.36. The molecule has 0 spiro atoms. The van der Waals surface area contributed by atoms with Gasteiger partial charge in [-0.3, -0.25) is 9.80 Å². The number of aryl methyl sites for hydroxylation is 1. The summed E-state index contributed by atoms with van der Waals surface area (Å²) >= 11 is 0. The van der Waals surface area contributed by atoms with Crippen molar-refractivity contribution in [3.05, 3.63) is 18.2 Å². The fourth-order valence-corrected chi connectivity index (χ4v) is 4.11. The highest BCUT2D eigenvalue weighted by molar-refractivity contribution is 5.08. The monoisotopic (exact) mass is 291 g/mol. The number of piperazine rings is 1. The zero-order valence-corrected chi connectivity index (χ0v) is 13.4. The minimum Gasteiger partial charge on any atom is -0.333 e. The number of nitrogens with two attached hydrogens (primary N) is 1. The van der Waals surface area contributed by atoms with E-state index in [2.05, 4.69) is 33.2 Å². The van der Waals surface area contributed by atoms with Crippen LogP contribution in [0.15, 0.2) is 12.5 Å². The molecule has 2 N–H and O–H groups in total. The minimum absolute atomic E-state index is 0.298. The molecule has 0 aromatic carbocycles. The molecular formula is C16H29N5. The molecule has 0 bridgehead atoms. The predicted octanol–water partition coefficient (Wildman–Crippen LogP) is 1.46. The summed E-state index contributed by atoms with van der Waals surface area (Å²) in [5, 5.41) is 0. The van der Waals surface area contributed by atoms with Gasteiger partial charge in [-0.25, -0.2) is 4.98 Å². The van der Waals surface area contributed by atoms with E-state index in [0.29, 0.717) is 18.6 Å². The van der Waals surface area contributed by atoms with Crippen molar-refractivity contribution in [2.75, 3.05) is 26.2 Å². The van der Waals surface area contributed by atoms with Crippen molar-refractivity contribution in [3.8, 4) is 0 Å². The molecule has 2 saturated heterocycles. The van der Waals surface area contributed by atoms with Crippen LogP contribution in [-0.4, -0.2) is 57.6 Å². The van der Waals surface area contributed by atoms with Gasteiger partial charge in [0.1, 0.15) is 0 Å². The first-order valence-electron chi connectivity index (χ1n) is 8.44. The van der Waals surface area contributed by atoms with E-state index in [9.17, 15) is 0 Å². The fourth-order valence-electron chi connectivity index (χ4n) is 4.11. The van der Waals surface area contributed by atoms with Crippen molar-refractivity contribution in [2.45, 2.75) is 57.8 Å². The Hall–Kier alpha value is -0.910. The molecule has 21 heavy (non-hydrogen) atoms. The van der Waals surface area contributed by atoms with E-state index in [4.69, 9.17) is 5.73 Å². The molecule has 3 atom stereocenters. The lowest BCUT2D eigenvalue weighted by Crippen LogP contribution is -2.60. The quantitative estimate of drug-likeness (QED) is 0.912. The fraction of sp³-hybridized carbons (Fsp3) is 0.812. The van der Waals surface area contributed by atoms with Crippen molar-refractivity contribution < 1.29 is 0 Å². The van der Waals surface area contributed by atoms with Crippen LogP contribution in [0.1, 0.15) is 44.8 Å². The van der Waals surface area contributed by atoms with Crippen molar-refractivity contribution in [2.24, 2.45) is 5.73 Å². The van der Waals surface area contributed by atoms with Gasteiger partial charge in [0, 0.05) is 44.5 Å². The molecule has 2 fully saturated rings. The Morgan fingerprint density at radius 3 is 3.00 bits per heavy atom. The Morgan fingerprint density at radius 1 is 1.38 bits per heavy atom. The van der Waals surface area contributed by atoms with Gasteiger partial charge in [0.25, 0.3) is 0 Å². The van der Waals surface area contributed by atoms with E-state index in [-0.39, 0.29) is 0 Å². The second-order valence-corrected chi connectivity index (χ2v) is 6.55. The number of fused-ring (bicyclic) bond motifs is 1. The number of hydrogen-bond donors (Lipinski definition) is 1. The first-order valence-corrected chi connectivity index (χ1v) is 8.44. The van der Waals surface area contributed by atoms with Crippen LogP contribution in [0.3, 0.4) is 0 Å². The van der Waals surface area contributed by atoms with Crippen molar-refractivity contribution in [1.29, 1.82) is 0 Å². The summed E-state index contributed by atoms with van der Waals surface area (Å²) in [6.07, 6.45) is 8.02. The molecule has 3 rings (SSSR count). The Morgan fingerprint density at radius 2 is 2.24 bits per heavy atom. The van der Waals surface area contributed by atoms with Gasteiger partial charge in [0.15, 0.2) is 0 Å². The van der Waals surface area contributed by atoms with E-state index in [0.717, 1.165) is 19.1 Å². The summed E-state index contributed by atoms with van der Waals surface area (Å²) in [6, 6.07) is 1.58. The number of aromatic nitrogens is 2. The molecule has 2 aliphatic heterocycles. The zero-order chi connectivity index (χ0) is 14.8. The van der Waals surface area contributed by atoms with Gasteiger partial charge in [0.05, 0.1) is 18.1 Å². The molecular weight excluding hydrogens is 262 g/mol. The third kappa shape index (κ3) is 2.87. The van der Waals surface area contributed by atoms with Gasteiger partial charge in [0.2, 0.25) is 0 Å². The van der Waals surface area contributed by atoms with Crippen LogP contribution >= 0.6 is 0 Å². The lowest BCUT2D eigenvalue weighted by molar-refractivity contribution is -0.00821. The van der Waals surface area contributed by atoms with Crippen LogP contribution in [0.4, 0.5) is 0 Å². The first kappa shape index (κ1) is 15.0. The summed E-state index contributed by atoms with van der Waals surface area (Å²) in [6.45, 7) is 9.76. The van der Waals surface area contributed by atoms with Crippen LogP contribution in [0, 0.1) is 0 Å². The van der Waals surface area contributed by atoms with Gasteiger partial charge in [-0.05, 0) is 33.2 Å². The lowest BCUT2D eigenvalue weighted by atomic mass is 9.95. The third-order valence-electron chi connectivity index (χ3n) is 5.29. The summed E-state index contributed by atoms with van der Waals surface area (Å²) in [7, 11) is 0. The number of nitrogens with zero attached hydrogens (tertiary/aromatic N) is 4. The van der Waals surface area contributed by atoms with Crippen molar-refractivity contribution in [3.63, 3.8) is 0 Å². The molecule has 118 valence electrons. The third-order valence-corrected chi connectivity index (χ3v) is 5.29. The average Bonchev–Trinajstić information content (AvgIpc) is 2.97. The molecule has 0 amide bonds. The SMILES string of the molecule is CCn1cncc1C(CN)N1CC2CCCCN2CC1C. The van der Waals surface area contributed by atoms with Crippen molar-refractivity contribution in [1.82, 2.24) is 19.4 Å². The van der Waals surface area contributed by atoms with Crippen LogP contribution in [0.5, 0.6) is 0 Å². The second kappa shape index (κ2) is 6.46. The molecule has 2 aliphatic rings. The number of rotatable bonds is 4. The Kier molecular flexibility index (Phi) is 4.62. The van der Waals surface area contributed by atoms with Gasteiger partial charge in [-0.15, -0.1) is 0 Å². The molecule has 3 heterocycles. The average molecular weight is 291 g/mol. The first-order chi connectivity index (χ1) is 10.2. The predicted molar refractivity (Wildman–Crippen MR) is 85.1 cm³/mol. The van der Waals surface area contributed by atoms with Crippen LogP contribution < -0.4 is 5.73 Å². The van der Waals surface area contributed by atoms with E-state index < -0.39 is 0 Å². The summed E-state index contributed by atoms with van der Waals surface area (Å²) < 4.78 is 2.23. The van der Waals surface area contributed by atoms with Gasteiger partial charge in [-0.1, -0.05) is 6.42 Å². The van der Waals surface area contributed by atoms with E-state index in [1.807, 2.05) is 12.5 Å². The van der Waals surface area contributed by atoms with Crippen molar-refractivity contribution >= 4 is 0 Å². The summed E-state index contributed by atoms with van der Waals surface area (Å²) in [5.41, 5.74) is 7.43. The van der Waals surface area contributed by atoms with E-state index in [1.165, 1.54) is 38.0 Å². The highest BCUT2D eigenvalue weighted by Crippen LogP contribution is 2.30. The number of hydrogen-bond acceptors (Lipinski definition) is 4. The van der Waals surface area contributed by atoms with E-state index in [1.54, 1.807) is 0 Å². The molecule has 5 heteroatoms. The number of imidazole rings is 1. The maximum atomic E-state index is 6.15. The van der Waals surface area contributed by atoms with Crippen LogP contribution in [0.25, 0.3) is 0 Å². The lowest BCUT2D eigenvalue weighted by Gasteiger charge is -2.50. The maximum Gasteiger partial charge on any atom is 0.0948 e. The van der Waals surface area contributed by atoms with Crippen LogP contribution in [0.2, 0.25) is 0 Å². The molecule has 1 aromatic heterocycles. The standard InChI is InChI=1S/C16H29N5/c1-3-19-12-18-9-16(19)15(8-17)21-11-14-6-4-5-7-20(14)10-13(21)2/h9,12-15H,3-8,10-11,17H2,1-2H3. The smallest absolute Gasteiger partial charge is 0.0948 e. The Balaban J connectivity index is 1.80. The Bertz CT molecular complexity index is 457. The molecule has 0 saturated carbocycles. The molecule has 1 aromatic rings. The summed E-state index contributed by atoms with van der Waals surface area (Å²) in [4.78, 5) is 9.64. The van der Waals surface area contributed by atoms with Gasteiger partial charge >= 0.3 is 0 Å². The largest absolute Gasteiger partial charge is 0.333 e. The Labute approximate surface area is 128 Å². The molecule has 3 unspecified atom stereocenters. The molecule has 5 nitrogen and oxygen atoms in total. The minimum atomic E-state index is 0.298. The van der Waals surface area contributed by atoms with Crippen LogP contribution in [-0.2, 0) is 6.54 Å². The normalized spacial score (nSPS) is 29.3. The summed E-state index contributed by atoms with van der Waals surface area (Å²) in [5.74, 6) is 0. The van der Waals surface area contributed by atoms with Gasteiger partial charge < -0.3 is 10.3 Å². The topological polar surface area (TPSA) is 50.3 Å². The van der Waals surface area contributed by atoms with E-state index >= 15 is 0 Å².